The number of ether oxygens (including phenoxy) is 1. The third-order valence-electron chi connectivity index (χ3n) is 5.26. The van der Waals surface area contributed by atoms with E-state index in [9.17, 15) is 4.79 Å². The molecule has 0 fully saturated rings. The first-order chi connectivity index (χ1) is 15.0. The first-order valence-electron chi connectivity index (χ1n) is 10.4. The van der Waals surface area contributed by atoms with Crippen LogP contribution < -0.4 is 11.1 Å². The van der Waals surface area contributed by atoms with Crippen LogP contribution in [0.3, 0.4) is 0 Å². The Labute approximate surface area is 188 Å². The van der Waals surface area contributed by atoms with E-state index in [4.69, 9.17) is 22.1 Å². The first kappa shape index (κ1) is 22.8. The van der Waals surface area contributed by atoms with Gasteiger partial charge in [-0.25, -0.2) is 4.98 Å². The zero-order valence-electron chi connectivity index (χ0n) is 18.0. The highest BCUT2D eigenvalue weighted by molar-refractivity contribution is 6.30. The Morgan fingerprint density at radius 2 is 2.26 bits per heavy atom. The normalized spacial score (nSPS) is 16.1. The summed E-state index contributed by atoms with van der Waals surface area (Å²) in [5.41, 5.74) is 10.8. The monoisotopic (exact) mass is 440 g/mol. The highest BCUT2D eigenvalue weighted by Gasteiger charge is 2.26. The summed E-state index contributed by atoms with van der Waals surface area (Å²) in [4.78, 5) is 16.9. The second-order valence-corrected chi connectivity index (χ2v) is 7.85. The van der Waals surface area contributed by atoms with E-state index in [-0.39, 0.29) is 12.5 Å². The van der Waals surface area contributed by atoms with Gasteiger partial charge in [-0.05, 0) is 61.2 Å². The molecule has 0 spiro atoms. The Morgan fingerprint density at radius 1 is 1.42 bits per heavy atom. The van der Waals surface area contributed by atoms with Crippen LogP contribution in [-0.2, 0) is 23.0 Å². The van der Waals surface area contributed by atoms with Crippen LogP contribution in [0.1, 0.15) is 42.6 Å². The van der Waals surface area contributed by atoms with Gasteiger partial charge >= 0.3 is 0 Å². The molecule has 0 saturated carbocycles. The molecule has 1 heterocycles. The molecule has 1 atom stereocenters. The smallest absolute Gasteiger partial charge is 0.246 e. The number of amides is 1. The molecular weight excluding hydrogens is 412 g/mol. The van der Waals surface area contributed by atoms with Crippen LogP contribution >= 0.6 is 11.6 Å². The van der Waals surface area contributed by atoms with E-state index in [0.29, 0.717) is 11.6 Å². The van der Waals surface area contributed by atoms with Gasteiger partial charge in [0.15, 0.2) is 0 Å². The number of aromatic nitrogens is 2. The molecule has 3 rings (SSSR count). The second-order valence-electron chi connectivity index (χ2n) is 7.41. The third kappa shape index (κ3) is 5.87. The van der Waals surface area contributed by atoms with Gasteiger partial charge in [0.25, 0.3) is 0 Å². The van der Waals surface area contributed by atoms with Crippen molar-refractivity contribution >= 4 is 23.1 Å². The minimum atomic E-state index is -0.399. The maximum Gasteiger partial charge on any atom is 0.246 e. The lowest BCUT2D eigenvalue weighted by Crippen LogP contribution is -2.33. The number of nitrogens with zero attached hydrogens (tertiary/aromatic N) is 2. The van der Waals surface area contributed by atoms with Crippen LogP contribution in [0.4, 0.5) is 0 Å². The summed E-state index contributed by atoms with van der Waals surface area (Å²) in [7, 11) is 1.92. The summed E-state index contributed by atoms with van der Waals surface area (Å²) in [6, 6.07) is 5.56. The van der Waals surface area contributed by atoms with Crippen LogP contribution in [0.2, 0.25) is 5.02 Å². The number of rotatable bonds is 8. The van der Waals surface area contributed by atoms with E-state index in [1.54, 1.807) is 18.7 Å². The Balaban J connectivity index is 2.11. The maximum atomic E-state index is 12.7. The lowest BCUT2D eigenvalue weighted by Gasteiger charge is -2.24. The molecule has 0 saturated heterocycles. The number of hydrogen-bond donors (Lipinski definition) is 2. The molecule has 2 aromatic rings. The summed E-state index contributed by atoms with van der Waals surface area (Å²) in [6.07, 6.45) is 13.8. The van der Waals surface area contributed by atoms with Crippen molar-refractivity contribution in [1.29, 1.82) is 0 Å². The van der Waals surface area contributed by atoms with Crippen LogP contribution in [0.5, 0.6) is 0 Å². The molecule has 0 unspecified atom stereocenters. The SMILES string of the molecule is CCOCC(=O)N[C@H](C1=C/C(=C/C/C=C\N)CCc2ccc(Cl)cc21)c1cncn1C. The van der Waals surface area contributed by atoms with Crippen molar-refractivity contribution < 1.29 is 9.53 Å². The molecule has 31 heavy (non-hydrogen) atoms. The molecule has 1 aliphatic rings. The fourth-order valence-electron chi connectivity index (χ4n) is 3.72. The molecule has 1 amide bonds. The number of benzene rings is 1. The number of hydrogen-bond acceptors (Lipinski definition) is 4. The molecule has 0 bridgehead atoms. The van der Waals surface area contributed by atoms with Crippen molar-refractivity contribution in [2.24, 2.45) is 12.8 Å². The molecule has 1 aliphatic carbocycles. The van der Waals surface area contributed by atoms with E-state index in [2.05, 4.69) is 28.5 Å². The number of fused-ring (bicyclic) bond motifs is 1. The molecule has 0 radical (unpaired) electrons. The fourth-order valence-corrected chi connectivity index (χ4v) is 3.89. The van der Waals surface area contributed by atoms with E-state index >= 15 is 0 Å². The minimum absolute atomic E-state index is 0.00449. The molecule has 1 aromatic heterocycles. The molecule has 1 aromatic carbocycles. The van der Waals surface area contributed by atoms with Crippen molar-refractivity contribution in [3.8, 4) is 0 Å². The lowest BCUT2D eigenvalue weighted by molar-refractivity contribution is -0.125. The number of halogens is 1. The van der Waals surface area contributed by atoms with Gasteiger partial charge in [0.05, 0.1) is 24.3 Å². The summed E-state index contributed by atoms with van der Waals surface area (Å²) in [6.45, 7) is 2.35. The number of carbonyl (C=O) groups is 1. The van der Waals surface area contributed by atoms with E-state index in [1.807, 2.05) is 36.7 Å². The summed E-state index contributed by atoms with van der Waals surface area (Å²) < 4.78 is 7.24. The highest BCUT2D eigenvalue weighted by atomic mass is 35.5. The van der Waals surface area contributed by atoms with Gasteiger partial charge < -0.3 is 20.4 Å². The van der Waals surface area contributed by atoms with Crippen LogP contribution in [-0.4, -0.2) is 28.7 Å². The van der Waals surface area contributed by atoms with Gasteiger partial charge in [-0.2, -0.15) is 0 Å². The Kier molecular flexibility index (Phi) is 8.09. The topological polar surface area (TPSA) is 82.2 Å². The molecule has 0 aliphatic heterocycles. The zero-order chi connectivity index (χ0) is 22.2. The Bertz CT molecular complexity index is 1010. The summed E-state index contributed by atoms with van der Waals surface area (Å²) in [5, 5.41) is 3.80. The lowest BCUT2D eigenvalue weighted by atomic mass is 9.92. The van der Waals surface area contributed by atoms with Crippen molar-refractivity contribution in [1.82, 2.24) is 14.9 Å². The van der Waals surface area contributed by atoms with Gasteiger partial charge in [-0.1, -0.05) is 41.5 Å². The number of aryl methyl sites for hydroxylation is 2. The largest absolute Gasteiger partial charge is 0.405 e. The highest BCUT2D eigenvalue weighted by Crippen LogP contribution is 2.37. The quantitative estimate of drug-likeness (QED) is 0.647. The van der Waals surface area contributed by atoms with Gasteiger partial charge in [0.2, 0.25) is 5.91 Å². The Hall–Kier alpha value is -2.83. The van der Waals surface area contributed by atoms with E-state index < -0.39 is 6.04 Å². The van der Waals surface area contributed by atoms with Gasteiger partial charge in [0, 0.05) is 18.7 Å². The standard InChI is InChI=1S/C24H29ClN4O2/c1-3-31-15-23(30)28-24(22-14-27-16-29(22)2)21-12-17(6-4-5-11-26)7-8-18-9-10-19(25)13-20(18)21/h5-6,9-14,16,24H,3-4,7-8,15,26H2,1-2H3,(H,28,30)/b11-5-,17-6+/t24-/m1/s1. The van der Waals surface area contributed by atoms with E-state index in [1.165, 1.54) is 11.1 Å². The third-order valence-corrected chi connectivity index (χ3v) is 5.50. The van der Waals surface area contributed by atoms with Crippen LogP contribution in [0, 0.1) is 0 Å². The molecule has 6 nitrogen and oxygen atoms in total. The van der Waals surface area contributed by atoms with Gasteiger partial charge in [0.1, 0.15) is 6.61 Å². The van der Waals surface area contributed by atoms with Crippen molar-refractivity contribution in [2.75, 3.05) is 13.2 Å². The fraction of sp³-hybridized carbons (Fsp3) is 0.333. The van der Waals surface area contributed by atoms with E-state index in [0.717, 1.165) is 36.1 Å². The van der Waals surface area contributed by atoms with Crippen LogP contribution in [0.25, 0.3) is 5.57 Å². The molecular formula is C24H29ClN4O2. The van der Waals surface area contributed by atoms with Crippen molar-refractivity contribution in [2.45, 2.75) is 32.2 Å². The van der Waals surface area contributed by atoms with Gasteiger partial charge in [-0.3, -0.25) is 4.79 Å². The zero-order valence-corrected chi connectivity index (χ0v) is 18.7. The van der Waals surface area contributed by atoms with Gasteiger partial charge in [-0.15, -0.1) is 0 Å². The number of imidazole rings is 1. The average Bonchev–Trinajstić information content (AvgIpc) is 3.10. The minimum Gasteiger partial charge on any atom is -0.405 e. The molecule has 164 valence electrons. The second kappa shape index (κ2) is 11.0. The number of nitrogens with two attached hydrogens (primary N) is 1. The predicted octanol–water partition coefficient (Wildman–Crippen LogP) is 4.09. The maximum absolute atomic E-state index is 12.7. The number of nitrogens with one attached hydrogen (secondary N) is 1. The van der Waals surface area contributed by atoms with Crippen molar-refractivity contribution in [3.05, 3.63) is 82.6 Å². The number of allylic oxidation sites excluding steroid dienone is 4. The predicted molar refractivity (Wildman–Crippen MR) is 124 cm³/mol. The first-order valence-corrected chi connectivity index (χ1v) is 10.8. The van der Waals surface area contributed by atoms with Crippen LogP contribution in [0.15, 0.2) is 60.7 Å². The molecule has 7 heteroatoms. The molecule has 3 N–H and O–H groups in total. The summed E-state index contributed by atoms with van der Waals surface area (Å²) >= 11 is 6.38. The average molecular weight is 441 g/mol. The summed E-state index contributed by atoms with van der Waals surface area (Å²) in [5.74, 6) is -0.182. The van der Waals surface area contributed by atoms with Crippen molar-refractivity contribution in [3.63, 3.8) is 0 Å². The Morgan fingerprint density at radius 3 is 2.97 bits per heavy atom. The number of carbonyl (C=O) groups excluding carboxylic acids is 1.